The van der Waals surface area contributed by atoms with E-state index in [2.05, 4.69) is 0 Å². The molecule has 1 amide bonds. The van der Waals surface area contributed by atoms with Gasteiger partial charge < -0.3 is 0 Å². The van der Waals surface area contributed by atoms with Gasteiger partial charge in [0.2, 0.25) is 0 Å². The fourth-order valence-electron chi connectivity index (χ4n) is 2.31. The normalized spacial score (nSPS) is 42.9. The third kappa shape index (κ3) is 0.759. The van der Waals surface area contributed by atoms with E-state index in [0.29, 0.717) is 19.3 Å². The quantitative estimate of drug-likeness (QED) is 0.580. The van der Waals surface area contributed by atoms with Gasteiger partial charge in [-0.3, -0.25) is 9.63 Å². The monoisotopic (exact) mass is 173 g/mol. The first-order valence-electron chi connectivity index (χ1n) is 4.03. The van der Waals surface area contributed by atoms with E-state index >= 15 is 0 Å². The van der Waals surface area contributed by atoms with Crippen LogP contribution in [-0.4, -0.2) is 30.8 Å². The van der Waals surface area contributed by atoms with Crippen LogP contribution < -0.4 is 0 Å². The summed E-state index contributed by atoms with van der Waals surface area (Å²) in [6.07, 6.45) is 1.19. The Bertz CT molecular complexity index is 221. The van der Waals surface area contributed by atoms with Gasteiger partial charge in [-0.25, -0.2) is 9.45 Å². The van der Waals surface area contributed by atoms with E-state index in [9.17, 15) is 9.18 Å². The molecule has 0 aromatic carbocycles. The molecule has 4 heteroatoms. The molecule has 0 heterocycles. The van der Waals surface area contributed by atoms with Crippen LogP contribution in [-0.2, 0) is 9.63 Å². The summed E-state index contributed by atoms with van der Waals surface area (Å²) in [5.41, 5.74) is -1.41. The number of rotatable bonds is 2. The lowest BCUT2D eigenvalue weighted by atomic mass is 9.42. The predicted octanol–water partition coefficient (Wildman–Crippen LogP) is 0.898. The van der Waals surface area contributed by atoms with E-state index in [4.69, 9.17) is 4.84 Å². The van der Waals surface area contributed by atoms with Crippen LogP contribution in [0.15, 0.2) is 0 Å². The van der Waals surface area contributed by atoms with E-state index < -0.39 is 11.1 Å². The Labute approximate surface area is 70.4 Å². The molecule has 0 unspecified atom stereocenters. The first kappa shape index (κ1) is 7.98. The second-order valence-electron chi connectivity index (χ2n) is 3.95. The Kier molecular flexibility index (Phi) is 1.32. The second kappa shape index (κ2) is 1.99. The lowest BCUT2D eigenvalue weighted by Gasteiger charge is -2.64. The van der Waals surface area contributed by atoms with E-state index in [1.54, 1.807) is 7.05 Å². The number of alkyl halides is 1. The topological polar surface area (TPSA) is 29.5 Å². The molecule has 0 radical (unpaired) electrons. The van der Waals surface area contributed by atoms with Crippen molar-refractivity contribution in [1.82, 2.24) is 5.06 Å². The van der Waals surface area contributed by atoms with Crippen molar-refractivity contribution in [3.8, 4) is 0 Å². The standard InChI is InChI=1S/C8H12FNO2/c1-10(12-2)6(11)7-3-8(9,4-7)5-7/h3-5H2,1-2H3. The highest BCUT2D eigenvalue weighted by atomic mass is 19.1. The van der Waals surface area contributed by atoms with Gasteiger partial charge in [-0.2, -0.15) is 0 Å². The smallest absolute Gasteiger partial charge is 0.252 e. The zero-order chi connectivity index (χ0) is 8.98. The molecule has 0 spiro atoms. The summed E-state index contributed by atoms with van der Waals surface area (Å²) < 4.78 is 13.0. The summed E-state index contributed by atoms with van der Waals surface area (Å²) in [6, 6.07) is 0. The Morgan fingerprint density at radius 3 is 2.33 bits per heavy atom. The molecule has 3 aliphatic carbocycles. The molecular formula is C8H12FNO2. The van der Waals surface area contributed by atoms with E-state index in [0.717, 1.165) is 0 Å². The number of carbonyl (C=O) groups is 1. The highest BCUT2D eigenvalue weighted by Gasteiger charge is 2.73. The predicted molar refractivity (Wildman–Crippen MR) is 39.9 cm³/mol. The minimum atomic E-state index is -1.01. The molecule has 0 aromatic rings. The third-order valence-electron chi connectivity index (χ3n) is 2.98. The molecule has 3 rings (SSSR count). The summed E-state index contributed by atoms with van der Waals surface area (Å²) in [7, 11) is 3.00. The van der Waals surface area contributed by atoms with Crippen molar-refractivity contribution in [2.75, 3.05) is 14.2 Å². The number of nitrogens with zero attached hydrogens (tertiary/aromatic N) is 1. The lowest BCUT2D eigenvalue weighted by molar-refractivity contribution is -0.243. The van der Waals surface area contributed by atoms with Crippen LogP contribution in [0.5, 0.6) is 0 Å². The minimum Gasteiger partial charge on any atom is -0.275 e. The third-order valence-corrected chi connectivity index (χ3v) is 2.98. The van der Waals surface area contributed by atoms with Crippen LogP contribution in [0.1, 0.15) is 19.3 Å². The van der Waals surface area contributed by atoms with Gasteiger partial charge in [0.15, 0.2) is 0 Å². The molecule has 2 bridgehead atoms. The van der Waals surface area contributed by atoms with Crippen LogP contribution in [0.2, 0.25) is 0 Å². The maximum Gasteiger partial charge on any atom is 0.252 e. The number of carbonyl (C=O) groups excluding carboxylic acids is 1. The average Bonchev–Trinajstić information content (AvgIpc) is 1.94. The molecule has 0 atom stereocenters. The largest absolute Gasteiger partial charge is 0.275 e. The van der Waals surface area contributed by atoms with Gasteiger partial charge >= 0.3 is 0 Å². The second-order valence-corrected chi connectivity index (χ2v) is 3.95. The van der Waals surface area contributed by atoms with Crippen molar-refractivity contribution in [3.63, 3.8) is 0 Å². The maximum atomic E-state index is 13.0. The average molecular weight is 173 g/mol. The Hall–Kier alpha value is -0.640. The summed E-state index contributed by atoms with van der Waals surface area (Å²) in [4.78, 5) is 16.2. The highest BCUT2D eigenvalue weighted by Crippen LogP contribution is 2.69. The van der Waals surface area contributed by atoms with Gasteiger partial charge in [0.25, 0.3) is 5.91 Å². The van der Waals surface area contributed by atoms with Crippen molar-refractivity contribution < 1.29 is 14.0 Å². The molecule has 3 nitrogen and oxygen atoms in total. The van der Waals surface area contributed by atoms with Crippen molar-refractivity contribution >= 4 is 5.91 Å². The van der Waals surface area contributed by atoms with Crippen LogP contribution in [0, 0.1) is 5.41 Å². The summed E-state index contributed by atoms with van der Waals surface area (Å²) in [6.45, 7) is 0. The van der Waals surface area contributed by atoms with Crippen LogP contribution in [0.3, 0.4) is 0 Å². The van der Waals surface area contributed by atoms with Gasteiger partial charge in [-0.1, -0.05) is 0 Å². The number of hydrogen-bond donors (Lipinski definition) is 0. The van der Waals surface area contributed by atoms with Crippen molar-refractivity contribution in [1.29, 1.82) is 0 Å². The van der Waals surface area contributed by atoms with Crippen LogP contribution >= 0.6 is 0 Å². The SMILES string of the molecule is CON(C)C(=O)C12CC(F)(C1)C2. The Balaban J connectivity index is 1.99. The number of halogens is 1. The first-order valence-corrected chi connectivity index (χ1v) is 4.03. The molecule has 0 aliphatic heterocycles. The number of amides is 1. The molecule has 3 saturated carbocycles. The minimum absolute atomic E-state index is 0.0791. The fourth-order valence-corrected chi connectivity index (χ4v) is 2.31. The molecular weight excluding hydrogens is 161 g/mol. The van der Waals surface area contributed by atoms with E-state index in [-0.39, 0.29) is 5.91 Å². The zero-order valence-electron chi connectivity index (χ0n) is 7.26. The lowest BCUT2D eigenvalue weighted by Crippen LogP contribution is -2.69. The Morgan fingerprint density at radius 1 is 1.50 bits per heavy atom. The van der Waals surface area contributed by atoms with Gasteiger partial charge in [0.1, 0.15) is 5.67 Å². The summed E-state index contributed by atoms with van der Waals surface area (Å²) in [5.74, 6) is -0.0791. The Morgan fingerprint density at radius 2 is 2.00 bits per heavy atom. The van der Waals surface area contributed by atoms with Gasteiger partial charge in [-0.15, -0.1) is 0 Å². The summed E-state index contributed by atoms with van der Waals surface area (Å²) >= 11 is 0. The summed E-state index contributed by atoms with van der Waals surface area (Å²) in [5, 5.41) is 1.19. The van der Waals surface area contributed by atoms with E-state index in [1.807, 2.05) is 0 Å². The molecule has 3 fully saturated rings. The highest BCUT2D eigenvalue weighted by molar-refractivity contribution is 5.85. The molecule has 0 aromatic heterocycles. The van der Waals surface area contributed by atoms with Crippen LogP contribution in [0.25, 0.3) is 0 Å². The van der Waals surface area contributed by atoms with Gasteiger partial charge in [0, 0.05) is 7.05 Å². The molecule has 3 aliphatic rings. The molecule has 68 valence electrons. The fraction of sp³-hybridized carbons (Fsp3) is 0.875. The maximum absolute atomic E-state index is 13.0. The van der Waals surface area contributed by atoms with Gasteiger partial charge in [-0.05, 0) is 19.3 Å². The van der Waals surface area contributed by atoms with Crippen molar-refractivity contribution in [2.45, 2.75) is 24.9 Å². The number of hydroxylamine groups is 2. The molecule has 0 N–H and O–H groups in total. The van der Waals surface area contributed by atoms with Crippen molar-refractivity contribution in [3.05, 3.63) is 0 Å². The zero-order valence-corrected chi connectivity index (χ0v) is 7.26. The molecule has 0 saturated heterocycles. The molecule has 12 heavy (non-hydrogen) atoms. The first-order chi connectivity index (χ1) is 5.51. The number of hydrogen-bond acceptors (Lipinski definition) is 2. The van der Waals surface area contributed by atoms with Crippen LogP contribution in [0.4, 0.5) is 4.39 Å². The van der Waals surface area contributed by atoms with Gasteiger partial charge in [0.05, 0.1) is 12.5 Å². The van der Waals surface area contributed by atoms with E-state index in [1.165, 1.54) is 12.2 Å². The van der Waals surface area contributed by atoms with Crippen molar-refractivity contribution in [2.24, 2.45) is 5.41 Å².